The Hall–Kier alpha value is -1.10. The van der Waals surface area contributed by atoms with Crippen LogP contribution in [0.4, 0.5) is 0 Å². The van der Waals surface area contributed by atoms with Crippen molar-refractivity contribution in [2.24, 2.45) is 0 Å². The van der Waals surface area contributed by atoms with Crippen molar-refractivity contribution >= 4 is 0 Å². The van der Waals surface area contributed by atoms with Gasteiger partial charge in [-0.3, -0.25) is 0 Å². The maximum atomic E-state index is 5.82. The molecule has 0 saturated carbocycles. The Morgan fingerprint density at radius 1 is 1.14 bits per heavy atom. The predicted molar refractivity (Wildman–Crippen MR) is 85.9 cm³/mol. The van der Waals surface area contributed by atoms with Crippen LogP contribution in [-0.2, 0) is 9.47 Å². The van der Waals surface area contributed by atoms with Crippen molar-refractivity contribution in [3.63, 3.8) is 0 Å². The number of nitrogens with one attached hydrogen (secondary N) is 1. The Labute approximate surface area is 128 Å². The van der Waals surface area contributed by atoms with Gasteiger partial charge in [-0.1, -0.05) is 19.1 Å². The smallest absolute Gasteiger partial charge is 0.118 e. The first-order chi connectivity index (χ1) is 10.0. The molecule has 21 heavy (non-hydrogen) atoms. The zero-order valence-corrected chi connectivity index (χ0v) is 13.9. The van der Waals surface area contributed by atoms with Gasteiger partial charge < -0.3 is 19.5 Å². The lowest BCUT2D eigenvalue weighted by Gasteiger charge is -2.24. The topological polar surface area (TPSA) is 39.7 Å². The minimum atomic E-state index is -0.131. The molecule has 4 nitrogen and oxygen atoms in total. The molecule has 0 heterocycles. The van der Waals surface area contributed by atoms with Crippen molar-refractivity contribution in [2.75, 3.05) is 34.0 Å². The van der Waals surface area contributed by atoms with Crippen LogP contribution < -0.4 is 10.1 Å². The van der Waals surface area contributed by atoms with Gasteiger partial charge in [0.2, 0.25) is 0 Å². The number of ether oxygens (including phenoxy) is 3. The molecule has 120 valence electrons. The van der Waals surface area contributed by atoms with E-state index < -0.39 is 0 Å². The van der Waals surface area contributed by atoms with E-state index >= 15 is 0 Å². The van der Waals surface area contributed by atoms with E-state index in [9.17, 15) is 0 Å². The summed E-state index contributed by atoms with van der Waals surface area (Å²) in [6, 6.07) is 8.32. The third-order valence-corrected chi connectivity index (χ3v) is 3.65. The zero-order valence-electron chi connectivity index (χ0n) is 13.9. The van der Waals surface area contributed by atoms with Gasteiger partial charge in [-0.15, -0.1) is 0 Å². The predicted octanol–water partition coefficient (Wildman–Crippen LogP) is 3.18. The van der Waals surface area contributed by atoms with Gasteiger partial charge in [0.15, 0.2) is 0 Å². The molecule has 1 aromatic rings. The Bertz CT molecular complexity index is 390. The average molecular weight is 295 g/mol. The van der Waals surface area contributed by atoms with Gasteiger partial charge in [0, 0.05) is 13.7 Å². The molecule has 1 unspecified atom stereocenters. The largest absolute Gasteiger partial charge is 0.497 e. The molecule has 0 bridgehead atoms. The lowest BCUT2D eigenvalue weighted by molar-refractivity contribution is -0.0124. The molecule has 0 aliphatic carbocycles. The van der Waals surface area contributed by atoms with Crippen LogP contribution in [0.15, 0.2) is 24.3 Å². The summed E-state index contributed by atoms with van der Waals surface area (Å²) in [6.07, 6.45) is 0.880. The second-order valence-corrected chi connectivity index (χ2v) is 5.67. The molecule has 4 heteroatoms. The highest BCUT2D eigenvalue weighted by Gasteiger charge is 2.16. The standard InChI is InChI=1S/C17H29NO3/c1-6-18-16(13-21-12-11-17(2,3)20-5)14-7-9-15(19-4)10-8-14/h7-10,16,18H,6,11-13H2,1-5H3. The fourth-order valence-corrected chi connectivity index (χ4v) is 1.98. The van der Waals surface area contributed by atoms with Crippen LogP contribution in [0.3, 0.4) is 0 Å². The van der Waals surface area contributed by atoms with E-state index in [1.807, 2.05) is 12.1 Å². The highest BCUT2D eigenvalue weighted by atomic mass is 16.5. The van der Waals surface area contributed by atoms with Crippen LogP contribution in [0.5, 0.6) is 5.75 Å². The van der Waals surface area contributed by atoms with Gasteiger partial charge in [-0.25, -0.2) is 0 Å². The number of benzene rings is 1. The monoisotopic (exact) mass is 295 g/mol. The van der Waals surface area contributed by atoms with Crippen molar-refractivity contribution in [2.45, 2.75) is 38.8 Å². The van der Waals surface area contributed by atoms with Crippen LogP contribution in [0.2, 0.25) is 0 Å². The maximum absolute atomic E-state index is 5.82. The molecule has 0 aliphatic rings. The Morgan fingerprint density at radius 2 is 1.81 bits per heavy atom. The lowest BCUT2D eigenvalue weighted by Crippen LogP contribution is -2.28. The lowest BCUT2D eigenvalue weighted by atomic mass is 10.1. The third-order valence-electron chi connectivity index (χ3n) is 3.65. The Morgan fingerprint density at radius 3 is 2.33 bits per heavy atom. The van der Waals surface area contributed by atoms with Gasteiger partial charge in [0.25, 0.3) is 0 Å². The molecule has 0 fully saturated rings. The van der Waals surface area contributed by atoms with Crippen molar-refractivity contribution in [1.82, 2.24) is 5.32 Å². The molecule has 1 aromatic carbocycles. The van der Waals surface area contributed by atoms with Crippen LogP contribution in [-0.4, -0.2) is 39.6 Å². The van der Waals surface area contributed by atoms with Crippen LogP contribution in [0.1, 0.15) is 38.8 Å². The number of methoxy groups -OCH3 is 2. The van der Waals surface area contributed by atoms with E-state index in [1.165, 1.54) is 5.56 Å². The van der Waals surface area contributed by atoms with Gasteiger partial charge in [0.05, 0.1) is 25.4 Å². The normalized spacial score (nSPS) is 13.2. The number of hydrogen-bond donors (Lipinski definition) is 1. The summed E-state index contributed by atoms with van der Waals surface area (Å²) in [5, 5.41) is 3.45. The van der Waals surface area contributed by atoms with E-state index in [-0.39, 0.29) is 11.6 Å². The molecule has 0 aliphatic heterocycles. The summed E-state index contributed by atoms with van der Waals surface area (Å²) >= 11 is 0. The van der Waals surface area contributed by atoms with Gasteiger partial charge >= 0.3 is 0 Å². The second kappa shape index (κ2) is 9.03. The first kappa shape index (κ1) is 18.0. The summed E-state index contributed by atoms with van der Waals surface area (Å²) in [6.45, 7) is 8.50. The molecule has 1 N–H and O–H groups in total. The second-order valence-electron chi connectivity index (χ2n) is 5.67. The van der Waals surface area contributed by atoms with Crippen molar-refractivity contribution in [3.8, 4) is 5.75 Å². The quantitative estimate of drug-likeness (QED) is 0.673. The van der Waals surface area contributed by atoms with Crippen molar-refractivity contribution < 1.29 is 14.2 Å². The van der Waals surface area contributed by atoms with E-state index in [0.29, 0.717) is 13.2 Å². The van der Waals surface area contributed by atoms with Crippen LogP contribution in [0.25, 0.3) is 0 Å². The Balaban J connectivity index is 2.49. The first-order valence-electron chi connectivity index (χ1n) is 7.52. The van der Waals surface area contributed by atoms with Crippen molar-refractivity contribution in [1.29, 1.82) is 0 Å². The van der Waals surface area contributed by atoms with E-state index in [0.717, 1.165) is 18.7 Å². The van der Waals surface area contributed by atoms with E-state index in [2.05, 4.69) is 38.2 Å². The fraction of sp³-hybridized carbons (Fsp3) is 0.647. The maximum Gasteiger partial charge on any atom is 0.118 e. The summed E-state index contributed by atoms with van der Waals surface area (Å²) in [4.78, 5) is 0. The summed E-state index contributed by atoms with van der Waals surface area (Å²) in [5.74, 6) is 0.872. The van der Waals surface area contributed by atoms with Gasteiger partial charge in [-0.05, 0) is 44.5 Å². The molecular weight excluding hydrogens is 266 g/mol. The molecule has 1 rings (SSSR count). The highest BCUT2D eigenvalue weighted by molar-refractivity contribution is 5.29. The molecule has 0 amide bonds. The summed E-state index contributed by atoms with van der Waals surface area (Å²) < 4.78 is 16.4. The molecule has 0 spiro atoms. The minimum Gasteiger partial charge on any atom is -0.497 e. The van der Waals surface area contributed by atoms with E-state index in [4.69, 9.17) is 14.2 Å². The SMILES string of the molecule is CCNC(COCCC(C)(C)OC)c1ccc(OC)cc1. The van der Waals surface area contributed by atoms with Gasteiger partial charge in [-0.2, -0.15) is 0 Å². The zero-order chi connectivity index (χ0) is 15.7. The third kappa shape index (κ3) is 6.46. The van der Waals surface area contributed by atoms with E-state index in [1.54, 1.807) is 14.2 Å². The molecule has 0 radical (unpaired) electrons. The molecular formula is C17H29NO3. The molecule has 0 aromatic heterocycles. The number of hydrogen-bond acceptors (Lipinski definition) is 4. The highest BCUT2D eigenvalue weighted by Crippen LogP contribution is 2.19. The summed E-state index contributed by atoms with van der Waals surface area (Å²) in [7, 11) is 3.41. The average Bonchev–Trinajstić information content (AvgIpc) is 2.50. The fourth-order valence-electron chi connectivity index (χ4n) is 1.98. The van der Waals surface area contributed by atoms with Crippen LogP contribution >= 0.6 is 0 Å². The molecule has 1 atom stereocenters. The van der Waals surface area contributed by atoms with Crippen molar-refractivity contribution in [3.05, 3.63) is 29.8 Å². The van der Waals surface area contributed by atoms with Crippen LogP contribution in [0, 0.1) is 0 Å². The number of rotatable bonds is 10. The molecule has 0 saturated heterocycles. The minimum absolute atomic E-state index is 0.131. The first-order valence-corrected chi connectivity index (χ1v) is 7.52. The van der Waals surface area contributed by atoms with Gasteiger partial charge in [0.1, 0.15) is 5.75 Å². The Kier molecular flexibility index (Phi) is 7.72. The number of likely N-dealkylation sites (N-methyl/N-ethyl adjacent to an activating group) is 1. The summed E-state index contributed by atoms with van der Waals surface area (Å²) in [5.41, 5.74) is 1.08.